The highest BCUT2D eigenvalue weighted by Crippen LogP contribution is 2.34. The molecular formula is C21H30N4O3. The Morgan fingerprint density at radius 2 is 1.96 bits per heavy atom. The van der Waals surface area contributed by atoms with Crippen molar-refractivity contribution in [3.63, 3.8) is 0 Å². The Kier molecular flexibility index (Phi) is 5.55. The van der Waals surface area contributed by atoms with Crippen LogP contribution in [-0.4, -0.2) is 80.6 Å². The van der Waals surface area contributed by atoms with Gasteiger partial charge in [0.15, 0.2) is 0 Å². The predicted molar refractivity (Wildman–Crippen MR) is 108 cm³/mol. The van der Waals surface area contributed by atoms with Crippen LogP contribution < -0.4 is 15.0 Å². The quantitative estimate of drug-likeness (QED) is 0.832. The lowest BCUT2D eigenvalue weighted by Crippen LogP contribution is -2.49. The monoisotopic (exact) mass is 386 g/mol. The topological polar surface area (TPSA) is 65.1 Å². The maximum atomic E-state index is 13.1. The Bertz CT molecular complexity index is 747. The summed E-state index contributed by atoms with van der Waals surface area (Å²) in [6.07, 6.45) is 1.31. The highest BCUT2D eigenvalue weighted by molar-refractivity contribution is 6.01. The molecule has 1 aromatic carbocycles. The standard InChI is InChI=1S/C21H30N4O3/c1-15-3-4-19(28-2)18(11-15)25-13-16(12-20(25)26)21(27)24-8-5-17(14-24)23-9-6-22-7-10-23/h3-4,11,16-17,22H,5-10,12-14H2,1-2H3. The van der Waals surface area contributed by atoms with Crippen LogP contribution in [-0.2, 0) is 9.59 Å². The van der Waals surface area contributed by atoms with Crippen molar-refractivity contribution in [3.8, 4) is 5.75 Å². The van der Waals surface area contributed by atoms with E-state index in [4.69, 9.17) is 4.74 Å². The highest BCUT2D eigenvalue weighted by atomic mass is 16.5. The van der Waals surface area contributed by atoms with Crippen LogP contribution >= 0.6 is 0 Å². The van der Waals surface area contributed by atoms with E-state index in [0.29, 0.717) is 18.3 Å². The third-order valence-electron chi connectivity index (χ3n) is 6.24. The number of carbonyl (C=O) groups excluding carboxylic acids is 2. The second kappa shape index (κ2) is 8.09. The maximum Gasteiger partial charge on any atom is 0.228 e. The van der Waals surface area contributed by atoms with Crippen LogP contribution in [0.15, 0.2) is 18.2 Å². The molecule has 152 valence electrons. The summed E-state index contributed by atoms with van der Waals surface area (Å²) in [7, 11) is 1.61. The Morgan fingerprint density at radius 1 is 1.18 bits per heavy atom. The third-order valence-corrected chi connectivity index (χ3v) is 6.24. The average Bonchev–Trinajstić information content (AvgIpc) is 3.35. The number of piperazine rings is 1. The number of anilines is 1. The molecule has 0 aliphatic carbocycles. The smallest absolute Gasteiger partial charge is 0.228 e. The minimum absolute atomic E-state index is 0.0000943. The highest BCUT2D eigenvalue weighted by Gasteiger charge is 2.40. The normalized spacial score (nSPS) is 26.1. The summed E-state index contributed by atoms with van der Waals surface area (Å²) < 4.78 is 5.44. The van der Waals surface area contributed by atoms with E-state index < -0.39 is 0 Å². The second-order valence-electron chi connectivity index (χ2n) is 8.09. The van der Waals surface area contributed by atoms with Gasteiger partial charge < -0.3 is 19.9 Å². The third kappa shape index (κ3) is 3.73. The molecule has 2 amide bonds. The molecule has 2 unspecified atom stereocenters. The van der Waals surface area contributed by atoms with Crippen molar-refractivity contribution in [2.75, 3.05) is 57.8 Å². The molecule has 3 fully saturated rings. The van der Waals surface area contributed by atoms with E-state index in [9.17, 15) is 9.59 Å². The Morgan fingerprint density at radius 3 is 2.71 bits per heavy atom. The van der Waals surface area contributed by atoms with Gasteiger partial charge in [-0.25, -0.2) is 0 Å². The maximum absolute atomic E-state index is 13.1. The Labute approximate surface area is 166 Å². The fraction of sp³-hybridized carbons (Fsp3) is 0.619. The van der Waals surface area contributed by atoms with Crippen molar-refractivity contribution >= 4 is 17.5 Å². The second-order valence-corrected chi connectivity index (χ2v) is 8.09. The van der Waals surface area contributed by atoms with Gasteiger partial charge in [-0.1, -0.05) is 6.07 Å². The molecule has 0 radical (unpaired) electrons. The number of hydrogen-bond donors (Lipinski definition) is 1. The van der Waals surface area contributed by atoms with E-state index in [0.717, 1.165) is 56.9 Å². The van der Waals surface area contributed by atoms with Crippen LogP contribution in [0.1, 0.15) is 18.4 Å². The van der Waals surface area contributed by atoms with E-state index in [-0.39, 0.29) is 24.2 Å². The van der Waals surface area contributed by atoms with Gasteiger partial charge in [-0.3, -0.25) is 14.5 Å². The van der Waals surface area contributed by atoms with Crippen LogP contribution in [0.5, 0.6) is 5.75 Å². The summed E-state index contributed by atoms with van der Waals surface area (Å²) in [6.45, 7) is 8.16. The predicted octanol–water partition coefficient (Wildman–Crippen LogP) is 0.863. The SMILES string of the molecule is COc1ccc(C)cc1N1CC(C(=O)N2CCC(N3CCNCC3)C2)CC1=O. The van der Waals surface area contributed by atoms with Gasteiger partial charge in [0.05, 0.1) is 18.7 Å². The zero-order chi connectivity index (χ0) is 19.7. The summed E-state index contributed by atoms with van der Waals surface area (Å²) in [5.41, 5.74) is 1.83. The van der Waals surface area contributed by atoms with Gasteiger partial charge in [0.1, 0.15) is 5.75 Å². The van der Waals surface area contributed by atoms with Gasteiger partial charge in [0.25, 0.3) is 0 Å². The van der Waals surface area contributed by atoms with Gasteiger partial charge in [-0.15, -0.1) is 0 Å². The number of aryl methyl sites for hydroxylation is 1. The van der Waals surface area contributed by atoms with Crippen LogP contribution in [0.4, 0.5) is 5.69 Å². The first-order valence-electron chi connectivity index (χ1n) is 10.3. The summed E-state index contributed by atoms with van der Waals surface area (Å²) >= 11 is 0. The van der Waals surface area contributed by atoms with Crippen LogP contribution in [0, 0.1) is 12.8 Å². The first-order valence-corrected chi connectivity index (χ1v) is 10.3. The summed E-state index contributed by atoms with van der Waals surface area (Å²) in [5, 5.41) is 3.38. The van der Waals surface area contributed by atoms with E-state index in [1.165, 1.54) is 0 Å². The largest absolute Gasteiger partial charge is 0.495 e. The molecule has 4 rings (SSSR count). The number of amides is 2. The van der Waals surface area contributed by atoms with Crippen molar-refractivity contribution in [2.45, 2.75) is 25.8 Å². The van der Waals surface area contributed by atoms with Gasteiger partial charge in [0.2, 0.25) is 11.8 Å². The molecule has 3 heterocycles. The first-order chi connectivity index (χ1) is 13.6. The van der Waals surface area contributed by atoms with Gasteiger partial charge >= 0.3 is 0 Å². The average molecular weight is 386 g/mol. The molecule has 3 saturated heterocycles. The summed E-state index contributed by atoms with van der Waals surface area (Å²) in [5.74, 6) is 0.534. The van der Waals surface area contributed by atoms with E-state index in [1.807, 2.05) is 30.0 Å². The first kappa shape index (κ1) is 19.2. The minimum atomic E-state index is -0.264. The zero-order valence-electron chi connectivity index (χ0n) is 16.8. The molecule has 7 nitrogen and oxygen atoms in total. The fourth-order valence-electron chi connectivity index (χ4n) is 4.66. The fourth-order valence-corrected chi connectivity index (χ4v) is 4.66. The number of rotatable bonds is 4. The van der Waals surface area contributed by atoms with Crippen molar-refractivity contribution in [1.29, 1.82) is 0 Å². The molecule has 0 bridgehead atoms. The molecule has 28 heavy (non-hydrogen) atoms. The number of ether oxygens (including phenoxy) is 1. The van der Waals surface area contributed by atoms with Crippen LogP contribution in [0.25, 0.3) is 0 Å². The molecule has 0 saturated carbocycles. The number of nitrogens with zero attached hydrogens (tertiary/aromatic N) is 3. The number of likely N-dealkylation sites (tertiary alicyclic amines) is 1. The Hall–Kier alpha value is -2.12. The van der Waals surface area contributed by atoms with Gasteiger partial charge in [0, 0.05) is 58.3 Å². The lowest BCUT2D eigenvalue weighted by atomic mass is 10.1. The number of methoxy groups -OCH3 is 1. The van der Waals surface area contributed by atoms with Crippen molar-refractivity contribution in [3.05, 3.63) is 23.8 Å². The van der Waals surface area contributed by atoms with E-state index in [1.54, 1.807) is 12.0 Å². The molecule has 3 aliphatic rings. The zero-order valence-corrected chi connectivity index (χ0v) is 16.8. The van der Waals surface area contributed by atoms with Crippen molar-refractivity contribution in [1.82, 2.24) is 15.1 Å². The van der Waals surface area contributed by atoms with Crippen LogP contribution in [0.2, 0.25) is 0 Å². The summed E-state index contributed by atoms with van der Waals surface area (Å²) in [4.78, 5) is 32.0. The van der Waals surface area contributed by atoms with Crippen molar-refractivity contribution < 1.29 is 14.3 Å². The lowest BCUT2D eigenvalue weighted by molar-refractivity contribution is -0.135. The summed E-state index contributed by atoms with van der Waals surface area (Å²) in [6, 6.07) is 6.26. The number of benzene rings is 1. The Balaban J connectivity index is 1.41. The molecule has 0 spiro atoms. The number of nitrogens with one attached hydrogen (secondary N) is 1. The molecule has 2 atom stereocenters. The minimum Gasteiger partial charge on any atom is -0.495 e. The molecule has 0 aromatic heterocycles. The lowest BCUT2D eigenvalue weighted by Gasteiger charge is -2.32. The molecular weight excluding hydrogens is 356 g/mol. The molecule has 3 aliphatic heterocycles. The molecule has 1 N–H and O–H groups in total. The molecule has 1 aromatic rings. The number of carbonyl (C=O) groups is 2. The van der Waals surface area contributed by atoms with Crippen LogP contribution in [0.3, 0.4) is 0 Å². The van der Waals surface area contributed by atoms with Gasteiger partial charge in [-0.2, -0.15) is 0 Å². The molecule has 7 heteroatoms. The van der Waals surface area contributed by atoms with E-state index in [2.05, 4.69) is 10.2 Å². The van der Waals surface area contributed by atoms with Gasteiger partial charge in [-0.05, 0) is 31.0 Å². The van der Waals surface area contributed by atoms with E-state index >= 15 is 0 Å². The number of hydrogen-bond acceptors (Lipinski definition) is 5. The van der Waals surface area contributed by atoms with Crippen molar-refractivity contribution in [2.24, 2.45) is 5.92 Å².